The van der Waals surface area contributed by atoms with Gasteiger partial charge in [0.15, 0.2) is 0 Å². The Morgan fingerprint density at radius 2 is 2.33 bits per heavy atom. The van der Waals surface area contributed by atoms with Gasteiger partial charge in [0.1, 0.15) is 5.82 Å². The monoisotopic (exact) mass is 168 g/mol. The maximum atomic E-state index is 12.6. The molecule has 0 saturated carbocycles. The van der Waals surface area contributed by atoms with Crippen molar-refractivity contribution in [1.82, 2.24) is 0 Å². The fraction of sp³-hybridized carbons (Fsp3) is 0.125. The molecule has 0 fully saturated rings. The second-order valence-corrected chi connectivity index (χ2v) is 2.27. The maximum Gasteiger partial charge on any atom is 0.211 e. The molecule has 0 atom stereocenters. The lowest BCUT2D eigenvalue weighted by molar-refractivity contribution is -0.105. The van der Waals surface area contributed by atoms with Crippen molar-refractivity contribution in [3.05, 3.63) is 29.6 Å². The summed E-state index contributed by atoms with van der Waals surface area (Å²) in [5, 5.41) is 2.43. The topological polar surface area (TPSA) is 55.1 Å². The third-order valence-corrected chi connectivity index (χ3v) is 1.50. The first-order valence-electron chi connectivity index (χ1n) is 3.46. The van der Waals surface area contributed by atoms with Crippen LogP contribution in [0.5, 0.6) is 0 Å². The Bertz CT molecular complexity index is 288. The van der Waals surface area contributed by atoms with E-state index in [4.69, 9.17) is 5.73 Å². The molecule has 3 nitrogen and oxygen atoms in total. The second kappa shape index (κ2) is 3.82. The number of nitrogens with two attached hydrogens (primary N) is 1. The zero-order valence-electron chi connectivity index (χ0n) is 6.38. The molecule has 1 aromatic carbocycles. The Morgan fingerprint density at radius 1 is 1.58 bits per heavy atom. The first kappa shape index (κ1) is 8.67. The molecule has 0 spiro atoms. The standard InChI is InChI=1S/C8H9FN2O/c9-7-1-2-8(11-5-12)6(3-7)4-10/h1-3,5H,4,10H2,(H,11,12). The number of rotatable bonds is 3. The highest BCUT2D eigenvalue weighted by molar-refractivity contribution is 5.73. The molecule has 0 aromatic heterocycles. The van der Waals surface area contributed by atoms with Gasteiger partial charge in [-0.25, -0.2) is 4.39 Å². The van der Waals surface area contributed by atoms with Crippen LogP contribution in [0.1, 0.15) is 5.56 Å². The molecule has 1 rings (SSSR count). The molecular weight excluding hydrogens is 159 g/mol. The molecule has 0 aliphatic carbocycles. The minimum Gasteiger partial charge on any atom is -0.328 e. The number of benzene rings is 1. The van der Waals surface area contributed by atoms with Crippen molar-refractivity contribution in [1.29, 1.82) is 0 Å². The SMILES string of the molecule is NCc1cc(F)ccc1NC=O. The van der Waals surface area contributed by atoms with Crippen LogP contribution >= 0.6 is 0 Å². The van der Waals surface area contributed by atoms with E-state index in [0.717, 1.165) is 0 Å². The predicted octanol–water partition coefficient (Wildman–Crippen LogP) is 0.853. The van der Waals surface area contributed by atoms with Crippen molar-refractivity contribution < 1.29 is 9.18 Å². The Balaban J connectivity index is 3.01. The van der Waals surface area contributed by atoms with Crippen molar-refractivity contribution in [3.63, 3.8) is 0 Å². The van der Waals surface area contributed by atoms with Gasteiger partial charge in [-0.05, 0) is 23.8 Å². The number of hydrogen-bond acceptors (Lipinski definition) is 2. The summed E-state index contributed by atoms with van der Waals surface area (Å²) >= 11 is 0. The lowest BCUT2D eigenvalue weighted by Crippen LogP contribution is -2.04. The van der Waals surface area contributed by atoms with Crippen LogP contribution < -0.4 is 11.1 Å². The van der Waals surface area contributed by atoms with E-state index >= 15 is 0 Å². The van der Waals surface area contributed by atoms with Gasteiger partial charge in [-0.1, -0.05) is 0 Å². The summed E-state index contributed by atoms with van der Waals surface area (Å²) in [5.74, 6) is -0.355. The highest BCUT2D eigenvalue weighted by Crippen LogP contribution is 2.15. The zero-order chi connectivity index (χ0) is 8.97. The summed E-state index contributed by atoms with van der Waals surface area (Å²) in [7, 11) is 0. The van der Waals surface area contributed by atoms with Crippen LogP contribution in [-0.4, -0.2) is 6.41 Å². The third kappa shape index (κ3) is 1.79. The highest BCUT2D eigenvalue weighted by atomic mass is 19.1. The summed E-state index contributed by atoms with van der Waals surface area (Å²) in [5.41, 5.74) is 6.46. The van der Waals surface area contributed by atoms with Crippen molar-refractivity contribution in [2.75, 3.05) is 5.32 Å². The van der Waals surface area contributed by atoms with E-state index in [-0.39, 0.29) is 12.4 Å². The fourth-order valence-corrected chi connectivity index (χ4v) is 0.935. The third-order valence-electron chi connectivity index (χ3n) is 1.50. The van der Waals surface area contributed by atoms with Crippen molar-refractivity contribution in [2.24, 2.45) is 5.73 Å². The Labute approximate surface area is 69.4 Å². The summed E-state index contributed by atoms with van der Waals surface area (Å²) in [4.78, 5) is 10.1. The van der Waals surface area contributed by atoms with E-state index in [2.05, 4.69) is 5.32 Å². The molecule has 0 aliphatic heterocycles. The Hall–Kier alpha value is -1.42. The van der Waals surface area contributed by atoms with Crippen LogP contribution in [0.15, 0.2) is 18.2 Å². The first-order chi connectivity index (χ1) is 5.77. The van der Waals surface area contributed by atoms with Crippen molar-refractivity contribution >= 4 is 12.1 Å². The van der Waals surface area contributed by atoms with Gasteiger partial charge in [-0.2, -0.15) is 0 Å². The second-order valence-electron chi connectivity index (χ2n) is 2.27. The minimum atomic E-state index is -0.355. The number of halogens is 1. The molecule has 0 saturated heterocycles. The van der Waals surface area contributed by atoms with Gasteiger partial charge >= 0.3 is 0 Å². The molecule has 0 unspecified atom stereocenters. The number of amides is 1. The average Bonchev–Trinajstić information content (AvgIpc) is 2.08. The molecule has 0 bridgehead atoms. The Morgan fingerprint density at radius 3 is 2.92 bits per heavy atom. The van der Waals surface area contributed by atoms with Gasteiger partial charge in [-0.3, -0.25) is 4.79 Å². The fourth-order valence-electron chi connectivity index (χ4n) is 0.935. The van der Waals surface area contributed by atoms with E-state index in [1.54, 1.807) is 0 Å². The van der Waals surface area contributed by atoms with Crippen molar-refractivity contribution in [3.8, 4) is 0 Å². The highest BCUT2D eigenvalue weighted by Gasteiger charge is 2.00. The van der Waals surface area contributed by atoms with E-state index < -0.39 is 0 Å². The lowest BCUT2D eigenvalue weighted by Gasteiger charge is -2.04. The molecule has 4 heteroatoms. The Kier molecular flexibility index (Phi) is 2.76. The zero-order valence-corrected chi connectivity index (χ0v) is 6.38. The molecule has 0 heterocycles. The van der Waals surface area contributed by atoms with Gasteiger partial charge in [0.2, 0.25) is 6.41 Å². The van der Waals surface area contributed by atoms with E-state index in [1.807, 2.05) is 0 Å². The average molecular weight is 168 g/mol. The van der Waals surface area contributed by atoms with Crippen LogP contribution in [0, 0.1) is 5.82 Å². The molecule has 1 amide bonds. The van der Waals surface area contributed by atoms with Gasteiger partial charge in [0.05, 0.1) is 0 Å². The smallest absolute Gasteiger partial charge is 0.211 e. The van der Waals surface area contributed by atoms with Crippen LogP contribution in [-0.2, 0) is 11.3 Å². The van der Waals surface area contributed by atoms with E-state index in [1.165, 1.54) is 18.2 Å². The van der Waals surface area contributed by atoms with Gasteiger partial charge in [0, 0.05) is 12.2 Å². The molecular formula is C8H9FN2O. The maximum absolute atomic E-state index is 12.6. The summed E-state index contributed by atoms with van der Waals surface area (Å²) in [6.45, 7) is 0.202. The number of carbonyl (C=O) groups is 1. The normalized spacial score (nSPS) is 9.50. The first-order valence-corrected chi connectivity index (χ1v) is 3.46. The van der Waals surface area contributed by atoms with E-state index in [9.17, 15) is 9.18 Å². The van der Waals surface area contributed by atoms with Gasteiger partial charge < -0.3 is 11.1 Å². The summed E-state index contributed by atoms with van der Waals surface area (Å²) in [6.07, 6.45) is 0.534. The number of anilines is 1. The van der Waals surface area contributed by atoms with Crippen LogP contribution in [0.4, 0.5) is 10.1 Å². The van der Waals surface area contributed by atoms with Gasteiger partial charge in [0.25, 0.3) is 0 Å². The molecule has 12 heavy (non-hydrogen) atoms. The number of carbonyl (C=O) groups excluding carboxylic acids is 1. The van der Waals surface area contributed by atoms with Gasteiger partial charge in [-0.15, -0.1) is 0 Å². The number of nitrogens with one attached hydrogen (secondary N) is 1. The predicted molar refractivity (Wildman–Crippen MR) is 44.0 cm³/mol. The largest absolute Gasteiger partial charge is 0.328 e. The van der Waals surface area contributed by atoms with Crippen LogP contribution in [0.25, 0.3) is 0 Å². The van der Waals surface area contributed by atoms with Crippen LogP contribution in [0.3, 0.4) is 0 Å². The molecule has 64 valence electrons. The molecule has 1 aromatic rings. The molecule has 3 N–H and O–H groups in total. The quantitative estimate of drug-likeness (QED) is 0.657. The molecule has 0 radical (unpaired) electrons. The van der Waals surface area contributed by atoms with Crippen molar-refractivity contribution in [2.45, 2.75) is 6.54 Å². The molecule has 0 aliphatic rings. The summed E-state index contributed by atoms with van der Waals surface area (Å²) in [6, 6.07) is 4.04. The lowest BCUT2D eigenvalue weighted by atomic mass is 10.2. The summed E-state index contributed by atoms with van der Waals surface area (Å²) < 4.78 is 12.6. The van der Waals surface area contributed by atoms with Crippen LogP contribution in [0.2, 0.25) is 0 Å². The minimum absolute atomic E-state index is 0.202. The number of hydrogen-bond donors (Lipinski definition) is 2. The van der Waals surface area contributed by atoms with E-state index in [0.29, 0.717) is 17.7 Å².